The molecule has 2 aromatic carbocycles. The first-order chi connectivity index (χ1) is 22.1. The second-order valence-electron chi connectivity index (χ2n) is 11.1. The van der Waals surface area contributed by atoms with Crippen LogP contribution in [0.4, 0.5) is 0 Å². The van der Waals surface area contributed by atoms with E-state index in [0.717, 1.165) is 0 Å². The molecule has 0 unspecified atom stereocenters. The Morgan fingerprint density at radius 1 is 0.979 bits per heavy atom. The summed E-state index contributed by atoms with van der Waals surface area (Å²) in [6, 6.07) is 11.2. The highest BCUT2D eigenvalue weighted by molar-refractivity contribution is 7.88. The highest BCUT2D eigenvalue weighted by atomic mass is 32.2. The number of sulfonamides is 1. The van der Waals surface area contributed by atoms with Gasteiger partial charge in [-0.2, -0.15) is 0 Å². The Morgan fingerprint density at radius 3 is 2.21 bits per heavy atom. The molecule has 2 atom stereocenters. The van der Waals surface area contributed by atoms with Crippen molar-refractivity contribution in [3.8, 4) is 0 Å². The van der Waals surface area contributed by atoms with E-state index in [1.807, 2.05) is 0 Å². The molecule has 0 spiro atoms. The van der Waals surface area contributed by atoms with Crippen LogP contribution < -0.4 is 27.2 Å². The van der Waals surface area contributed by atoms with Crippen molar-refractivity contribution >= 4 is 51.5 Å². The Bertz CT molecular complexity index is 1610. The maximum absolute atomic E-state index is 14.0. The van der Waals surface area contributed by atoms with E-state index in [9.17, 15) is 32.7 Å². The van der Waals surface area contributed by atoms with Crippen LogP contribution in [0.2, 0.25) is 0 Å². The normalized spacial score (nSPS) is 13.6. The number of benzene rings is 2. The highest BCUT2D eigenvalue weighted by Crippen LogP contribution is 2.26. The van der Waals surface area contributed by atoms with Crippen LogP contribution in [0.15, 0.2) is 53.5 Å². The summed E-state index contributed by atoms with van der Waals surface area (Å²) in [7, 11) is -4.33. The van der Waals surface area contributed by atoms with Gasteiger partial charge in [0.1, 0.15) is 18.0 Å². The van der Waals surface area contributed by atoms with E-state index in [-0.39, 0.29) is 24.5 Å². The first-order valence-corrected chi connectivity index (χ1v) is 16.4. The van der Waals surface area contributed by atoms with E-state index < -0.39 is 70.7 Å². The molecule has 47 heavy (non-hydrogen) atoms. The lowest BCUT2D eigenvalue weighted by Gasteiger charge is -2.33. The van der Waals surface area contributed by atoms with Gasteiger partial charge in [-0.15, -0.1) is 0 Å². The molecule has 0 radical (unpaired) electrons. The molecule has 0 bridgehead atoms. The third-order valence-corrected chi connectivity index (χ3v) is 8.56. The van der Waals surface area contributed by atoms with Crippen molar-refractivity contribution < 1.29 is 32.7 Å². The Hall–Kier alpha value is -4.96. The van der Waals surface area contributed by atoms with E-state index in [2.05, 4.69) is 15.0 Å². The number of nitrogens with two attached hydrogens (primary N) is 3. The first kappa shape index (κ1) is 38.2. The van der Waals surface area contributed by atoms with Crippen LogP contribution in [0.3, 0.4) is 0 Å². The smallest absolute Gasteiger partial charge is 0.303 e. The number of aliphatic carboxylic acids is 1. The van der Waals surface area contributed by atoms with Crippen molar-refractivity contribution in [1.82, 2.24) is 10.0 Å². The van der Waals surface area contributed by atoms with Crippen molar-refractivity contribution in [3.63, 3.8) is 0 Å². The predicted octanol–water partition coefficient (Wildman–Crippen LogP) is 0.711. The molecule has 0 aromatic heterocycles. The number of amides is 1. The number of rotatable bonds is 21. The van der Waals surface area contributed by atoms with Crippen LogP contribution in [0.1, 0.15) is 67.7 Å². The summed E-state index contributed by atoms with van der Waals surface area (Å²) in [6.45, 7) is 1.98. The lowest BCUT2D eigenvalue weighted by atomic mass is 9.81. The standard InChI is InChI=1S/C31H42N8O7S/c1-20(32)37-15-3-6-25(18-40)38-27(42)12-11-26(41)31(14-13-28(43)44,17-22-4-2-5-24(16-22)30(35)36)39-47(45,46)19-21-7-9-23(10-8-21)29(33)34/h2,4-5,7-10,16,18,25,39H,3,6,11-15,17,19H2,1H3,(H2,32,37)(H3,33,34)(H3,35,36)(H,38,42)(H,43,44)/t25-,31-/m0/s1. The average molecular weight is 671 g/mol. The number of amidine groups is 3. The minimum atomic E-state index is -4.33. The minimum Gasteiger partial charge on any atom is -0.481 e. The summed E-state index contributed by atoms with van der Waals surface area (Å²) in [5.74, 6) is -3.33. The fraction of sp³-hybridized carbons (Fsp3) is 0.387. The number of hydrogen-bond donors (Lipinski definition) is 8. The number of ketones is 1. The van der Waals surface area contributed by atoms with Crippen molar-refractivity contribution in [2.75, 3.05) is 6.54 Å². The Balaban J connectivity index is 2.40. The van der Waals surface area contributed by atoms with Gasteiger partial charge in [0.15, 0.2) is 5.78 Å². The lowest BCUT2D eigenvalue weighted by Crippen LogP contribution is -2.56. The summed E-state index contributed by atoms with van der Waals surface area (Å²) in [6.07, 6.45) is -0.908. The molecular formula is C31H42N8O7S. The molecule has 11 N–H and O–H groups in total. The van der Waals surface area contributed by atoms with Gasteiger partial charge in [-0.1, -0.05) is 42.5 Å². The zero-order valence-corrected chi connectivity index (χ0v) is 26.9. The van der Waals surface area contributed by atoms with Gasteiger partial charge in [0.05, 0.1) is 23.2 Å². The van der Waals surface area contributed by atoms with Crippen molar-refractivity contribution in [2.24, 2.45) is 22.2 Å². The van der Waals surface area contributed by atoms with Gasteiger partial charge in [0.2, 0.25) is 15.9 Å². The zero-order chi connectivity index (χ0) is 35.2. The van der Waals surface area contributed by atoms with E-state index in [0.29, 0.717) is 47.3 Å². The molecule has 254 valence electrons. The van der Waals surface area contributed by atoms with Crippen LogP contribution in [0.25, 0.3) is 0 Å². The number of aliphatic imine (C=N–C) groups is 1. The van der Waals surface area contributed by atoms with E-state index in [1.54, 1.807) is 25.1 Å². The molecule has 0 heterocycles. The summed E-state index contributed by atoms with van der Waals surface area (Å²) in [5.41, 5.74) is 16.0. The third-order valence-electron chi connectivity index (χ3n) is 7.14. The number of nitrogen functional groups attached to an aromatic ring is 2. The molecule has 2 rings (SSSR count). The zero-order valence-electron chi connectivity index (χ0n) is 26.1. The first-order valence-electron chi connectivity index (χ1n) is 14.7. The SMILES string of the molecule is CC(N)=NCCC[C@@H](C=O)NC(=O)CCC(=O)[C@](CCC(=O)O)(Cc1cccc(C(=N)N)c1)NS(=O)(=O)Cc1ccc(C(=N)N)cc1. The number of nitrogens with one attached hydrogen (secondary N) is 4. The molecule has 2 aromatic rings. The maximum Gasteiger partial charge on any atom is 0.303 e. The van der Waals surface area contributed by atoms with Gasteiger partial charge in [0.25, 0.3) is 0 Å². The largest absolute Gasteiger partial charge is 0.481 e. The number of Topliss-reactive ketones (excluding diaryl/α,β-unsaturated/α-hetero) is 1. The number of aldehydes is 1. The minimum absolute atomic E-state index is 0.206. The molecular weight excluding hydrogens is 628 g/mol. The molecule has 16 heteroatoms. The lowest BCUT2D eigenvalue weighted by molar-refractivity contribution is -0.138. The monoisotopic (exact) mass is 670 g/mol. The molecule has 0 saturated heterocycles. The number of carboxylic acids is 1. The van der Waals surface area contributed by atoms with Gasteiger partial charge in [-0.25, -0.2) is 13.1 Å². The third kappa shape index (κ3) is 13.1. The second-order valence-corrected chi connectivity index (χ2v) is 12.9. The fourth-order valence-electron chi connectivity index (χ4n) is 4.81. The maximum atomic E-state index is 14.0. The number of hydrogen-bond acceptors (Lipinski definition) is 9. The molecule has 0 aliphatic carbocycles. The van der Waals surface area contributed by atoms with Crippen molar-refractivity contribution in [1.29, 1.82) is 10.8 Å². The van der Waals surface area contributed by atoms with Crippen LogP contribution in [-0.2, 0) is 41.4 Å². The summed E-state index contributed by atoms with van der Waals surface area (Å²) >= 11 is 0. The van der Waals surface area contributed by atoms with E-state index in [1.165, 1.54) is 30.3 Å². The van der Waals surface area contributed by atoms with Gasteiger partial charge in [0, 0.05) is 36.9 Å². The van der Waals surface area contributed by atoms with Crippen LogP contribution in [0.5, 0.6) is 0 Å². The molecule has 0 aliphatic rings. The molecule has 1 amide bonds. The van der Waals surface area contributed by atoms with Crippen LogP contribution in [0, 0.1) is 10.8 Å². The van der Waals surface area contributed by atoms with Gasteiger partial charge >= 0.3 is 5.97 Å². The number of carbonyl (C=O) groups is 4. The highest BCUT2D eigenvalue weighted by Gasteiger charge is 2.42. The number of carboxylic acid groups (broad SMARTS) is 1. The van der Waals surface area contributed by atoms with Crippen LogP contribution >= 0.6 is 0 Å². The Kier molecular flexibility index (Phi) is 14.4. The number of carbonyl (C=O) groups excluding carboxylic acids is 3. The molecule has 0 saturated carbocycles. The quantitative estimate of drug-likeness (QED) is 0.0398. The summed E-state index contributed by atoms with van der Waals surface area (Å²) in [5, 5.41) is 27.4. The van der Waals surface area contributed by atoms with Gasteiger partial charge in [-0.3, -0.25) is 30.2 Å². The molecule has 0 aliphatic heterocycles. The van der Waals surface area contributed by atoms with Crippen molar-refractivity contribution in [3.05, 3.63) is 70.8 Å². The summed E-state index contributed by atoms with van der Waals surface area (Å²) in [4.78, 5) is 54.0. The predicted molar refractivity (Wildman–Crippen MR) is 178 cm³/mol. The Labute approximate surface area is 273 Å². The van der Waals surface area contributed by atoms with E-state index >= 15 is 0 Å². The van der Waals surface area contributed by atoms with Crippen LogP contribution in [-0.4, -0.2) is 73.1 Å². The molecule has 15 nitrogen and oxygen atoms in total. The molecule has 0 fully saturated rings. The van der Waals surface area contributed by atoms with E-state index in [4.69, 9.17) is 28.0 Å². The topological polar surface area (TPSA) is 285 Å². The van der Waals surface area contributed by atoms with Crippen molar-refractivity contribution in [2.45, 2.75) is 69.2 Å². The second kappa shape index (κ2) is 17.7. The summed E-state index contributed by atoms with van der Waals surface area (Å²) < 4.78 is 29.6. The average Bonchev–Trinajstić information content (AvgIpc) is 2.99. The van der Waals surface area contributed by atoms with Gasteiger partial charge in [-0.05, 0) is 49.8 Å². The number of nitrogens with zero attached hydrogens (tertiary/aromatic N) is 1. The Morgan fingerprint density at radius 2 is 1.64 bits per heavy atom. The fourth-order valence-corrected chi connectivity index (χ4v) is 6.39. The van der Waals surface area contributed by atoms with Gasteiger partial charge < -0.3 is 32.4 Å².